The second-order valence-corrected chi connectivity index (χ2v) is 17.4. The van der Waals surface area contributed by atoms with Crippen LogP contribution in [0.2, 0.25) is 0 Å². The van der Waals surface area contributed by atoms with Crippen LogP contribution in [0, 0.1) is 0 Å². The Balaban J connectivity index is 4.34. The zero-order chi connectivity index (χ0) is 43.0. The van der Waals surface area contributed by atoms with Gasteiger partial charge in [-0.2, -0.15) is 0 Å². The zero-order valence-electron chi connectivity index (χ0n) is 39.5. The van der Waals surface area contributed by atoms with Gasteiger partial charge in [-0.15, -0.1) is 0 Å². The van der Waals surface area contributed by atoms with Crippen LogP contribution in [0.5, 0.6) is 0 Å². The van der Waals surface area contributed by atoms with Crippen LogP contribution in [-0.2, 0) is 28.6 Å². The maximum atomic E-state index is 12.8. The third kappa shape index (κ3) is 46.8. The van der Waals surface area contributed by atoms with E-state index < -0.39 is 6.10 Å². The van der Waals surface area contributed by atoms with Gasteiger partial charge in [-0.1, -0.05) is 218 Å². The van der Waals surface area contributed by atoms with Crippen molar-refractivity contribution < 1.29 is 28.6 Å². The SMILES string of the molecule is CCCC/C=C\CCCCCCCC(=O)OC[C@H](COC(=O)CCCCCCCCCCCCCCCCC)OC(=O)CCCCCCC/C=C\CCCCCCCC. The van der Waals surface area contributed by atoms with E-state index in [1.165, 1.54) is 167 Å². The van der Waals surface area contributed by atoms with E-state index in [-0.39, 0.29) is 31.1 Å². The fourth-order valence-corrected chi connectivity index (χ4v) is 7.48. The van der Waals surface area contributed by atoms with Crippen LogP contribution < -0.4 is 0 Å². The molecule has 0 bridgehead atoms. The summed E-state index contributed by atoms with van der Waals surface area (Å²) in [5.41, 5.74) is 0. The molecule has 0 saturated carbocycles. The molecule has 0 saturated heterocycles. The van der Waals surface area contributed by atoms with Crippen LogP contribution in [0.25, 0.3) is 0 Å². The molecule has 0 aliphatic heterocycles. The first-order valence-electron chi connectivity index (χ1n) is 25.8. The van der Waals surface area contributed by atoms with Crippen molar-refractivity contribution in [2.24, 2.45) is 0 Å². The van der Waals surface area contributed by atoms with Crippen LogP contribution in [0.4, 0.5) is 0 Å². The second kappa shape index (κ2) is 48.6. The summed E-state index contributed by atoms with van der Waals surface area (Å²) in [7, 11) is 0. The minimum Gasteiger partial charge on any atom is -0.462 e. The molecule has 1 atom stereocenters. The zero-order valence-corrected chi connectivity index (χ0v) is 39.5. The first kappa shape index (κ1) is 56.9. The van der Waals surface area contributed by atoms with Crippen molar-refractivity contribution in [2.45, 2.75) is 284 Å². The van der Waals surface area contributed by atoms with Gasteiger partial charge in [0.2, 0.25) is 0 Å². The Bertz CT molecular complexity index is 958. The summed E-state index contributed by atoms with van der Waals surface area (Å²) < 4.78 is 16.8. The molecule has 0 aliphatic rings. The summed E-state index contributed by atoms with van der Waals surface area (Å²) in [5.74, 6) is -0.880. The highest BCUT2D eigenvalue weighted by atomic mass is 16.6. The van der Waals surface area contributed by atoms with Crippen LogP contribution in [0.1, 0.15) is 278 Å². The monoisotopic (exact) mass is 831 g/mol. The van der Waals surface area contributed by atoms with Gasteiger partial charge in [0, 0.05) is 19.3 Å². The quantitative estimate of drug-likeness (QED) is 0.0263. The first-order valence-corrected chi connectivity index (χ1v) is 25.8. The summed E-state index contributed by atoms with van der Waals surface area (Å²) in [6, 6.07) is 0. The lowest BCUT2D eigenvalue weighted by molar-refractivity contribution is -0.167. The molecule has 0 amide bonds. The van der Waals surface area contributed by atoms with Crippen molar-refractivity contribution >= 4 is 17.9 Å². The lowest BCUT2D eigenvalue weighted by Crippen LogP contribution is -2.30. The smallest absolute Gasteiger partial charge is 0.306 e. The topological polar surface area (TPSA) is 78.9 Å². The van der Waals surface area contributed by atoms with Crippen LogP contribution >= 0.6 is 0 Å². The van der Waals surface area contributed by atoms with Crippen LogP contribution in [0.15, 0.2) is 24.3 Å². The third-order valence-corrected chi connectivity index (χ3v) is 11.4. The van der Waals surface area contributed by atoms with Gasteiger partial charge in [0.1, 0.15) is 13.2 Å². The number of unbranched alkanes of at least 4 members (excludes halogenated alkanes) is 32. The minimum absolute atomic E-state index is 0.0736. The molecule has 0 aromatic heterocycles. The van der Waals surface area contributed by atoms with E-state index in [1.54, 1.807) is 0 Å². The average Bonchev–Trinajstić information content (AvgIpc) is 3.23. The van der Waals surface area contributed by atoms with Gasteiger partial charge >= 0.3 is 17.9 Å². The molecular weight excluding hydrogens is 733 g/mol. The lowest BCUT2D eigenvalue weighted by Gasteiger charge is -2.18. The predicted octanol–water partition coefficient (Wildman–Crippen LogP) is 16.8. The standard InChI is InChI=1S/C53H98O6/c1-4-7-10-13-16-19-22-24-26-28-31-34-37-40-43-46-52(55)58-49-50(48-57-51(54)45-42-39-36-33-30-21-18-15-12-9-6-3)59-53(56)47-44-41-38-35-32-29-27-25-23-20-17-14-11-8-5-2/h15,18,25,27,50H,4-14,16-17,19-24,26,28-49H2,1-3H3/b18-15-,27-25-/t50-/m1/s1. The summed E-state index contributed by atoms with van der Waals surface area (Å²) in [4.78, 5) is 37.9. The maximum absolute atomic E-state index is 12.8. The molecule has 0 spiro atoms. The molecular formula is C53H98O6. The van der Waals surface area contributed by atoms with E-state index in [0.717, 1.165) is 70.6 Å². The molecule has 346 valence electrons. The molecule has 6 heteroatoms. The molecule has 59 heavy (non-hydrogen) atoms. The van der Waals surface area contributed by atoms with Crippen molar-refractivity contribution in [1.29, 1.82) is 0 Å². The summed E-state index contributed by atoms with van der Waals surface area (Å²) >= 11 is 0. The van der Waals surface area contributed by atoms with Gasteiger partial charge in [0.15, 0.2) is 6.10 Å². The average molecular weight is 831 g/mol. The molecule has 0 aromatic rings. The maximum Gasteiger partial charge on any atom is 0.306 e. The summed E-state index contributed by atoms with van der Waals surface area (Å²) in [6.45, 7) is 6.61. The van der Waals surface area contributed by atoms with Gasteiger partial charge < -0.3 is 14.2 Å². The number of esters is 3. The molecule has 0 heterocycles. The lowest BCUT2D eigenvalue weighted by atomic mass is 10.0. The first-order chi connectivity index (χ1) is 29.0. The molecule has 6 nitrogen and oxygen atoms in total. The second-order valence-electron chi connectivity index (χ2n) is 17.4. The Morgan fingerprint density at radius 3 is 0.898 bits per heavy atom. The number of allylic oxidation sites excluding steroid dienone is 4. The summed E-state index contributed by atoms with van der Waals surface area (Å²) in [5, 5.41) is 0. The largest absolute Gasteiger partial charge is 0.462 e. The van der Waals surface area contributed by atoms with Gasteiger partial charge in [-0.05, 0) is 64.2 Å². The molecule has 0 unspecified atom stereocenters. The molecule has 0 aliphatic carbocycles. The fraction of sp³-hybridized carbons (Fsp3) is 0.868. The molecule has 0 aromatic carbocycles. The van der Waals surface area contributed by atoms with Crippen LogP contribution in [-0.4, -0.2) is 37.2 Å². The predicted molar refractivity (Wildman–Crippen MR) is 252 cm³/mol. The number of hydrogen-bond donors (Lipinski definition) is 0. The Kier molecular flexibility index (Phi) is 46.8. The number of carbonyl (C=O) groups excluding carboxylic acids is 3. The van der Waals surface area contributed by atoms with E-state index in [4.69, 9.17) is 14.2 Å². The number of rotatable bonds is 47. The molecule has 0 fully saturated rings. The Hall–Kier alpha value is -2.11. The van der Waals surface area contributed by atoms with Gasteiger partial charge in [0.05, 0.1) is 0 Å². The van der Waals surface area contributed by atoms with Gasteiger partial charge in [0.25, 0.3) is 0 Å². The number of hydrogen-bond acceptors (Lipinski definition) is 6. The van der Waals surface area contributed by atoms with Crippen LogP contribution in [0.3, 0.4) is 0 Å². The Morgan fingerprint density at radius 1 is 0.322 bits per heavy atom. The Labute approximate surface area is 366 Å². The van der Waals surface area contributed by atoms with E-state index in [9.17, 15) is 14.4 Å². The molecule has 0 rings (SSSR count). The molecule has 0 radical (unpaired) electrons. The van der Waals surface area contributed by atoms with Gasteiger partial charge in [-0.25, -0.2) is 0 Å². The van der Waals surface area contributed by atoms with E-state index in [1.807, 2.05) is 0 Å². The van der Waals surface area contributed by atoms with Crippen molar-refractivity contribution in [3.05, 3.63) is 24.3 Å². The van der Waals surface area contributed by atoms with E-state index >= 15 is 0 Å². The van der Waals surface area contributed by atoms with Crippen molar-refractivity contribution in [1.82, 2.24) is 0 Å². The normalized spacial score (nSPS) is 12.1. The van der Waals surface area contributed by atoms with Crippen molar-refractivity contribution in [3.63, 3.8) is 0 Å². The van der Waals surface area contributed by atoms with Crippen molar-refractivity contribution in [2.75, 3.05) is 13.2 Å². The van der Waals surface area contributed by atoms with Crippen molar-refractivity contribution in [3.8, 4) is 0 Å². The van der Waals surface area contributed by atoms with E-state index in [0.29, 0.717) is 19.3 Å². The van der Waals surface area contributed by atoms with E-state index in [2.05, 4.69) is 45.1 Å². The highest BCUT2D eigenvalue weighted by Crippen LogP contribution is 2.16. The van der Waals surface area contributed by atoms with Gasteiger partial charge in [-0.3, -0.25) is 14.4 Å². The number of ether oxygens (including phenoxy) is 3. The fourth-order valence-electron chi connectivity index (χ4n) is 7.48. The summed E-state index contributed by atoms with van der Waals surface area (Å²) in [6.07, 6.45) is 54.4. The highest BCUT2D eigenvalue weighted by Gasteiger charge is 2.19. The molecule has 0 N–H and O–H groups in total. The number of carbonyl (C=O) groups is 3. The third-order valence-electron chi connectivity index (χ3n) is 11.4. The minimum atomic E-state index is -0.773. The highest BCUT2D eigenvalue weighted by molar-refractivity contribution is 5.71. The Morgan fingerprint density at radius 2 is 0.576 bits per heavy atom.